The van der Waals surface area contributed by atoms with Crippen molar-refractivity contribution in [2.24, 2.45) is 0 Å². The van der Waals surface area contributed by atoms with Gasteiger partial charge in [0.15, 0.2) is 0 Å². The van der Waals surface area contributed by atoms with Crippen molar-refractivity contribution in [2.75, 3.05) is 32.8 Å². The number of morpholine rings is 1. The molecule has 0 saturated carbocycles. The van der Waals surface area contributed by atoms with E-state index in [1.807, 2.05) is 6.92 Å². The predicted octanol–water partition coefficient (Wildman–Crippen LogP) is 1.13. The smallest absolute Gasteiger partial charge is 0.240 e. The zero-order chi connectivity index (χ0) is 15.5. The van der Waals surface area contributed by atoms with Gasteiger partial charge in [0.05, 0.1) is 18.1 Å². The van der Waals surface area contributed by atoms with Crippen LogP contribution in [-0.2, 0) is 14.8 Å². The van der Waals surface area contributed by atoms with Crippen LogP contribution in [0.15, 0.2) is 23.1 Å². The molecule has 0 radical (unpaired) electrons. The average molecular weight is 316 g/mol. The molecule has 118 valence electrons. The second kappa shape index (κ2) is 6.83. The van der Waals surface area contributed by atoms with Crippen molar-refractivity contribution in [2.45, 2.75) is 24.8 Å². The van der Waals surface area contributed by atoms with Gasteiger partial charge in [-0.3, -0.25) is 4.90 Å². The van der Waals surface area contributed by atoms with Crippen LogP contribution >= 0.6 is 0 Å². The molecule has 21 heavy (non-hydrogen) atoms. The van der Waals surface area contributed by atoms with E-state index in [2.05, 4.69) is 9.62 Å². The lowest BCUT2D eigenvalue weighted by Gasteiger charge is -2.32. The van der Waals surface area contributed by atoms with Crippen molar-refractivity contribution < 1.29 is 17.5 Å². The Kier molecular flexibility index (Phi) is 5.32. The second-order valence-corrected chi connectivity index (χ2v) is 6.99. The first-order chi connectivity index (χ1) is 9.90. The zero-order valence-electron chi connectivity index (χ0n) is 12.3. The Morgan fingerprint density at radius 1 is 1.38 bits per heavy atom. The molecule has 0 bridgehead atoms. The minimum Gasteiger partial charge on any atom is -0.379 e. The van der Waals surface area contributed by atoms with Crippen LogP contribution in [0.5, 0.6) is 0 Å². The minimum atomic E-state index is -3.62. The summed E-state index contributed by atoms with van der Waals surface area (Å²) in [5.74, 6) is -0.437. The van der Waals surface area contributed by atoms with Gasteiger partial charge in [0.25, 0.3) is 0 Å². The zero-order valence-corrected chi connectivity index (χ0v) is 13.1. The Morgan fingerprint density at radius 2 is 2.05 bits per heavy atom. The van der Waals surface area contributed by atoms with Crippen molar-refractivity contribution >= 4 is 10.0 Å². The summed E-state index contributed by atoms with van der Waals surface area (Å²) >= 11 is 0. The van der Waals surface area contributed by atoms with Crippen LogP contribution in [0.1, 0.15) is 12.5 Å². The van der Waals surface area contributed by atoms with Gasteiger partial charge in [-0.05, 0) is 37.6 Å². The molecule has 0 amide bonds. The number of rotatable bonds is 5. The van der Waals surface area contributed by atoms with E-state index in [0.717, 1.165) is 19.2 Å². The molecule has 5 nitrogen and oxygen atoms in total. The molecule has 1 aromatic rings. The highest BCUT2D eigenvalue weighted by Crippen LogP contribution is 2.16. The van der Waals surface area contributed by atoms with Gasteiger partial charge < -0.3 is 4.74 Å². The van der Waals surface area contributed by atoms with E-state index < -0.39 is 15.8 Å². The normalized spacial score (nSPS) is 18.6. The lowest BCUT2D eigenvalue weighted by Crippen LogP contribution is -2.47. The van der Waals surface area contributed by atoms with E-state index >= 15 is 0 Å². The number of hydrogen-bond donors (Lipinski definition) is 1. The fraction of sp³-hybridized carbons (Fsp3) is 0.571. The summed E-state index contributed by atoms with van der Waals surface area (Å²) < 4.78 is 45.5. The number of hydrogen-bond acceptors (Lipinski definition) is 4. The Bertz CT molecular complexity index is 586. The Hall–Kier alpha value is -1.02. The third kappa shape index (κ3) is 4.23. The fourth-order valence-corrected chi connectivity index (χ4v) is 3.72. The van der Waals surface area contributed by atoms with Crippen molar-refractivity contribution in [3.8, 4) is 0 Å². The second-order valence-electron chi connectivity index (χ2n) is 5.26. The molecular weight excluding hydrogens is 295 g/mol. The van der Waals surface area contributed by atoms with E-state index in [-0.39, 0.29) is 10.9 Å². The number of sulfonamides is 1. The van der Waals surface area contributed by atoms with Gasteiger partial charge in [0.2, 0.25) is 10.0 Å². The van der Waals surface area contributed by atoms with Gasteiger partial charge in [-0.15, -0.1) is 0 Å². The number of benzene rings is 1. The molecule has 1 aromatic carbocycles. The van der Waals surface area contributed by atoms with Crippen LogP contribution in [0.2, 0.25) is 0 Å². The molecule has 1 aliphatic heterocycles. The maximum atomic E-state index is 13.1. The van der Waals surface area contributed by atoms with Gasteiger partial charge in [0.1, 0.15) is 5.82 Å². The van der Waals surface area contributed by atoms with E-state index in [9.17, 15) is 12.8 Å². The molecule has 0 aliphatic carbocycles. The van der Waals surface area contributed by atoms with Crippen LogP contribution in [0.4, 0.5) is 4.39 Å². The quantitative estimate of drug-likeness (QED) is 0.885. The van der Waals surface area contributed by atoms with Crippen LogP contribution in [0.25, 0.3) is 0 Å². The third-order valence-corrected chi connectivity index (χ3v) is 5.25. The molecular formula is C14H21FN2O3S. The third-order valence-electron chi connectivity index (χ3n) is 3.66. The Labute approximate surface area is 125 Å². The number of nitrogens with zero attached hydrogens (tertiary/aromatic N) is 1. The number of ether oxygens (including phenoxy) is 1. The SMILES string of the molecule is Cc1cc(F)ccc1S(=O)(=O)NC[C@@H](C)N1CCOCC1. The van der Waals surface area contributed by atoms with Crippen molar-refractivity contribution in [1.29, 1.82) is 0 Å². The highest BCUT2D eigenvalue weighted by Gasteiger charge is 2.21. The van der Waals surface area contributed by atoms with Crippen LogP contribution in [0.3, 0.4) is 0 Å². The predicted molar refractivity (Wildman–Crippen MR) is 78.2 cm³/mol. The molecule has 1 heterocycles. The molecule has 1 fully saturated rings. The standard InChI is InChI=1S/C14H21FN2O3S/c1-11-9-13(15)3-4-14(11)21(18,19)16-10-12(2)17-5-7-20-8-6-17/h3-4,9,12,16H,5-8,10H2,1-2H3/t12-/m1/s1. The number of halogens is 1. The maximum Gasteiger partial charge on any atom is 0.240 e. The van der Waals surface area contributed by atoms with Crippen LogP contribution in [-0.4, -0.2) is 52.2 Å². The lowest BCUT2D eigenvalue weighted by molar-refractivity contribution is 0.0213. The molecule has 0 spiro atoms. The summed E-state index contributed by atoms with van der Waals surface area (Å²) in [7, 11) is -3.62. The largest absolute Gasteiger partial charge is 0.379 e. The Balaban J connectivity index is 2.00. The van der Waals surface area contributed by atoms with Crippen molar-refractivity contribution in [3.05, 3.63) is 29.6 Å². The molecule has 1 aliphatic rings. The topological polar surface area (TPSA) is 58.6 Å². The average Bonchev–Trinajstić information content (AvgIpc) is 2.45. The molecule has 1 atom stereocenters. The molecule has 7 heteroatoms. The monoisotopic (exact) mass is 316 g/mol. The summed E-state index contributed by atoms with van der Waals surface area (Å²) in [6.45, 7) is 6.84. The first-order valence-corrected chi connectivity index (χ1v) is 8.46. The van der Waals surface area contributed by atoms with E-state index in [1.54, 1.807) is 6.92 Å². The fourth-order valence-electron chi connectivity index (χ4n) is 2.37. The van der Waals surface area contributed by atoms with Crippen LogP contribution < -0.4 is 4.72 Å². The van der Waals surface area contributed by atoms with Gasteiger partial charge in [-0.1, -0.05) is 0 Å². The number of nitrogens with one attached hydrogen (secondary N) is 1. The Morgan fingerprint density at radius 3 is 2.67 bits per heavy atom. The van der Waals surface area contributed by atoms with E-state index in [1.165, 1.54) is 12.1 Å². The van der Waals surface area contributed by atoms with Gasteiger partial charge in [-0.25, -0.2) is 17.5 Å². The molecule has 1 saturated heterocycles. The molecule has 0 aromatic heterocycles. The highest BCUT2D eigenvalue weighted by atomic mass is 32.2. The van der Waals surface area contributed by atoms with E-state index in [0.29, 0.717) is 25.3 Å². The summed E-state index contributed by atoms with van der Waals surface area (Å²) in [6, 6.07) is 3.77. The first-order valence-electron chi connectivity index (χ1n) is 6.98. The van der Waals surface area contributed by atoms with Crippen molar-refractivity contribution in [3.63, 3.8) is 0 Å². The van der Waals surface area contributed by atoms with Crippen molar-refractivity contribution in [1.82, 2.24) is 9.62 Å². The summed E-state index contributed by atoms with van der Waals surface area (Å²) in [5.41, 5.74) is 0.404. The number of aryl methyl sites for hydroxylation is 1. The van der Waals surface area contributed by atoms with Gasteiger partial charge in [0, 0.05) is 25.7 Å². The van der Waals surface area contributed by atoms with Gasteiger partial charge >= 0.3 is 0 Å². The first kappa shape index (κ1) is 16.4. The van der Waals surface area contributed by atoms with Gasteiger partial charge in [-0.2, -0.15) is 0 Å². The molecule has 1 N–H and O–H groups in total. The minimum absolute atomic E-state index is 0.0874. The maximum absolute atomic E-state index is 13.1. The highest BCUT2D eigenvalue weighted by molar-refractivity contribution is 7.89. The summed E-state index contributed by atoms with van der Waals surface area (Å²) in [4.78, 5) is 2.31. The van der Waals surface area contributed by atoms with Crippen LogP contribution in [0, 0.1) is 12.7 Å². The molecule has 2 rings (SSSR count). The molecule has 0 unspecified atom stereocenters. The summed E-state index contributed by atoms with van der Waals surface area (Å²) in [5, 5.41) is 0. The lowest BCUT2D eigenvalue weighted by atomic mass is 10.2. The summed E-state index contributed by atoms with van der Waals surface area (Å²) in [6.07, 6.45) is 0. The van der Waals surface area contributed by atoms with E-state index in [4.69, 9.17) is 4.74 Å².